The average Bonchev–Trinajstić information content (AvgIpc) is 3.37. The highest BCUT2D eigenvalue weighted by molar-refractivity contribution is 5.93. The van der Waals surface area contributed by atoms with Gasteiger partial charge in [-0.15, -0.1) is 5.10 Å². The number of ether oxygens (including phenoxy) is 1. The number of methoxy groups -OCH3 is 1. The van der Waals surface area contributed by atoms with Crippen LogP contribution in [0.3, 0.4) is 0 Å². The van der Waals surface area contributed by atoms with Gasteiger partial charge < -0.3 is 20.1 Å². The van der Waals surface area contributed by atoms with Crippen LogP contribution in [0.5, 0.6) is 0 Å². The number of aromatic amines is 1. The second-order valence-corrected chi connectivity index (χ2v) is 10.6. The minimum atomic E-state index is -4.61. The molecule has 45 heavy (non-hydrogen) atoms. The number of H-pyrrole nitrogens is 1. The summed E-state index contributed by atoms with van der Waals surface area (Å²) in [6.07, 6.45) is -4.09. The number of alkyl halides is 3. The van der Waals surface area contributed by atoms with Gasteiger partial charge in [-0.1, -0.05) is 12.1 Å². The Morgan fingerprint density at radius 2 is 1.98 bits per heavy atom. The quantitative estimate of drug-likeness (QED) is 0.251. The van der Waals surface area contributed by atoms with Gasteiger partial charge in [-0.2, -0.15) is 18.4 Å². The molecule has 0 aliphatic carbocycles. The Bertz CT molecular complexity index is 1690. The SMILES string of the molecule is COC(=O)C1=C(C)N(c2cccc(C(F)(F)F)c2)c2n[nH]c(=O)n2[C@@H]1c1ccc(C#N)cc1CCN(C)CC1CNC1.O=CO. The molecule has 1 atom stereocenters. The number of esters is 1. The van der Waals surface area contributed by atoms with Crippen molar-refractivity contribution in [3.8, 4) is 6.07 Å². The number of hydrogen-bond donors (Lipinski definition) is 3. The van der Waals surface area contributed by atoms with E-state index in [1.807, 2.05) is 7.05 Å². The largest absolute Gasteiger partial charge is 0.483 e. The van der Waals surface area contributed by atoms with E-state index >= 15 is 0 Å². The molecule has 15 heteroatoms. The van der Waals surface area contributed by atoms with Crippen molar-refractivity contribution in [1.82, 2.24) is 25.0 Å². The first-order chi connectivity index (χ1) is 21.4. The number of hydrogen-bond acceptors (Lipinski definition) is 9. The molecular formula is C30H32F3N7O5. The molecule has 2 aliphatic rings. The molecule has 3 N–H and O–H groups in total. The third-order valence-corrected chi connectivity index (χ3v) is 7.75. The van der Waals surface area contributed by atoms with E-state index in [0.717, 1.165) is 37.3 Å². The summed E-state index contributed by atoms with van der Waals surface area (Å²) in [5.41, 5.74) is 0.573. The smallest absolute Gasteiger partial charge is 0.416 e. The van der Waals surface area contributed by atoms with Gasteiger partial charge in [0.1, 0.15) is 6.04 Å². The predicted molar refractivity (Wildman–Crippen MR) is 157 cm³/mol. The van der Waals surface area contributed by atoms with E-state index in [-0.39, 0.29) is 29.4 Å². The van der Waals surface area contributed by atoms with Crippen LogP contribution in [0.1, 0.15) is 35.2 Å². The summed E-state index contributed by atoms with van der Waals surface area (Å²) in [6, 6.07) is 10.8. The number of aromatic nitrogens is 3. The van der Waals surface area contributed by atoms with E-state index in [1.165, 1.54) is 28.7 Å². The summed E-state index contributed by atoms with van der Waals surface area (Å²) in [5.74, 6) is -0.179. The first-order valence-electron chi connectivity index (χ1n) is 13.9. The predicted octanol–water partition coefficient (Wildman–Crippen LogP) is 3.04. The van der Waals surface area contributed by atoms with Gasteiger partial charge in [-0.25, -0.2) is 19.3 Å². The lowest BCUT2D eigenvalue weighted by Crippen LogP contribution is -2.47. The molecule has 0 radical (unpaired) electrons. The number of allylic oxidation sites excluding steroid dienone is 1. The Hall–Kier alpha value is -4.94. The van der Waals surface area contributed by atoms with Crippen LogP contribution in [-0.2, 0) is 26.9 Å². The van der Waals surface area contributed by atoms with E-state index in [2.05, 4.69) is 26.5 Å². The molecule has 1 fully saturated rings. The van der Waals surface area contributed by atoms with Gasteiger partial charge in [0.25, 0.3) is 6.47 Å². The van der Waals surface area contributed by atoms with Crippen molar-refractivity contribution >= 4 is 24.1 Å². The van der Waals surface area contributed by atoms with Crippen LogP contribution in [0.4, 0.5) is 24.8 Å². The number of likely N-dealkylation sites (N-methyl/N-ethyl adjacent to an activating group) is 1. The van der Waals surface area contributed by atoms with Gasteiger partial charge >= 0.3 is 17.8 Å². The lowest BCUT2D eigenvalue weighted by molar-refractivity contribution is -0.138. The van der Waals surface area contributed by atoms with Crippen molar-refractivity contribution in [3.05, 3.63) is 86.5 Å². The molecule has 5 rings (SSSR count). The topological polar surface area (TPSA) is 157 Å². The molecular weight excluding hydrogens is 595 g/mol. The number of halogens is 3. The van der Waals surface area contributed by atoms with Crippen LogP contribution in [0.2, 0.25) is 0 Å². The van der Waals surface area contributed by atoms with E-state index < -0.39 is 29.4 Å². The molecule has 2 aromatic carbocycles. The highest BCUT2D eigenvalue weighted by Crippen LogP contribution is 2.43. The highest BCUT2D eigenvalue weighted by atomic mass is 19.4. The molecule has 0 spiro atoms. The molecule has 0 saturated carbocycles. The zero-order valence-electron chi connectivity index (χ0n) is 24.8. The second-order valence-electron chi connectivity index (χ2n) is 10.6. The number of carbonyl (C=O) groups excluding carboxylic acids is 1. The molecule has 1 saturated heterocycles. The fourth-order valence-corrected chi connectivity index (χ4v) is 5.56. The summed E-state index contributed by atoms with van der Waals surface area (Å²) in [7, 11) is 3.22. The second kappa shape index (κ2) is 13.8. The summed E-state index contributed by atoms with van der Waals surface area (Å²) >= 11 is 0. The lowest BCUT2D eigenvalue weighted by Gasteiger charge is -2.36. The number of benzene rings is 2. The zero-order valence-corrected chi connectivity index (χ0v) is 24.8. The maximum atomic E-state index is 13.6. The number of fused-ring (bicyclic) bond motifs is 1. The third kappa shape index (κ3) is 6.92. The van der Waals surface area contributed by atoms with E-state index in [4.69, 9.17) is 14.6 Å². The van der Waals surface area contributed by atoms with Gasteiger partial charge in [0, 0.05) is 37.6 Å². The van der Waals surface area contributed by atoms with E-state index in [1.54, 1.807) is 25.1 Å². The molecule has 0 bridgehead atoms. The summed E-state index contributed by atoms with van der Waals surface area (Å²) < 4.78 is 47.2. The van der Waals surface area contributed by atoms with Gasteiger partial charge in [-0.05, 0) is 67.8 Å². The Labute approximate surface area is 256 Å². The third-order valence-electron chi connectivity index (χ3n) is 7.75. The van der Waals surface area contributed by atoms with Crippen LogP contribution in [0.15, 0.2) is 58.5 Å². The van der Waals surface area contributed by atoms with Crippen molar-refractivity contribution in [3.63, 3.8) is 0 Å². The lowest BCUT2D eigenvalue weighted by atomic mass is 9.89. The Balaban J connectivity index is 0.00000148. The van der Waals surface area contributed by atoms with Crippen molar-refractivity contribution in [2.24, 2.45) is 5.92 Å². The number of anilines is 2. The van der Waals surface area contributed by atoms with E-state index in [9.17, 15) is 28.0 Å². The van der Waals surface area contributed by atoms with Gasteiger partial charge in [0.05, 0.1) is 29.9 Å². The molecule has 0 unspecified atom stereocenters. The summed E-state index contributed by atoms with van der Waals surface area (Å²) in [6.45, 7) is 4.80. The zero-order chi connectivity index (χ0) is 32.9. The monoisotopic (exact) mass is 627 g/mol. The van der Waals surface area contributed by atoms with Crippen LogP contribution in [0, 0.1) is 17.2 Å². The Morgan fingerprint density at radius 3 is 2.58 bits per heavy atom. The number of nitrogens with one attached hydrogen (secondary N) is 2. The number of carbonyl (C=O) groups is 2. The Morgan fingerprint density at radius 1 is 1.27 bits per heavy atom. The molecule has 0 amide bonds. The molecule has 2 aliphatic heterocycles. The maximum Gasteiger partial charge on any atom is 0.416 e. The van der Waals surface area contributed by atoms with Crippen molar-refractivity contribution < 1.29 is 32.6 Å². The Kier molecular flexibility index (Phi) is 10.1. The standard InChI is InChI=1S/C29H30F3N7O3.CH2O2/c1-17-24(26(40)42-3)25(23-8-7-18(13-33)11-20(23)9-10-37(2)16-19-14-34-15-19)39-27(35-36-28(39)41)38(17)22-6-4-5-21(12-22)29(30,31)32;2-1-3/h4-8,11-12,19,25,34H,9-10,14-16H2,1-3H3,(H,36,41);1H,(H,2,3)/t25-;/m1./s1. The first-order valence-corrected chi connectivity index (χ1v) is 13.9. The molecule has 12 nitrogen and oxygen atoms in total. The fourth-order valence-electron chi connectivity index (χ4n) is 5.56. The van der Waals surface area contributed by atoms with Crippen LogP contribution < -0.4 is 15.9 Å². The normalized spacial score (nSPS) is 16.3. The summed E-state index contributed by atoms with van der Waals surface area (Å²) in [5, 5.41) is 26.3. The van der Waals surface area contributed by atoms with Crippen LogP contribution in [-0.4, -0.2) is 77.5 Å². The molecule has 238 valence electrons. The van der Waals surface area contributed by atoms with Gasteiger partial charge in [0.2, 0.25) is 5.95 Å². The molecule has 3 heterocycles. The van der Waals surface area contributed by atoms with Gasteiger partial charge in [0.15, 0.2) is 0 Å². The number of nitriles is 1. The average molecular weight is 628 g/mol. The number of carboxylic acid groups (broad SMARTS) is 1. The van der Waals surface area contributed by atoms with E-state index in [0.29, 0.717) is 30.0 Å². The highest BCUT2D eigenvalue weighted by Gasteiger charge is 2.41. The first kappa shape index (κ1) is 33.0. The van der Waals surface area contributed by atoms with Crippen molar-refractivity contribution in [2.75, 3.05) is 45.2 Å². The van der Waals surface area contributed by atoms with Crippen molar-refractivity contribution in [1.29, 1.82) is 5.26 Å². The minimum absolute atomic E-state index is 0.0133. The molecule has 3 aromatic rings. The van der Waals surface area contributed by atoms with Crippen molar-refractivity contribution in [2.45, 2.75) is 25.6 Å². The minimum Gasteiger partial charge on any atom is -0.483 e. The molecule has 1 aromatic heterocycles. The number of rotatable bonds is 8. The van der Waals surface area contributed by atoms with Crippen LogP contribution >= 0.6 is 0 Å². The fraction of sp³-hybridized carbons (Fsp3) is 0.367. The van der Waals surface area contributed by atoms with Gasteiger partial charge in [-0.3, -0.25) is 9.69 Å². The summed E-state index contributed by atoms with van der Waals surface area (Å²) in [4.78, 5) is 38.5. The maximum absolute atomic E-state index is 13.6. The number of nitrogens with zero attached hydrogens (tertiary/aromatic N) is 5. The van der Waals surface area contributed by atoms with Crippen LogP contribution in [0.25, 0.3) is 0 Å².